The quantitative estimate of drug-likeness (QED) is 0.683. The molecule has 2 rings (SSSR count). The Labute approximate surface area is 109 Å². The fourth-order valence-corrected chi connectivity index (χ4v) is 1.83. The average Bonchev–Trinajstić information content (AvgIpc) is 3.21. The minimum absolute atomic E-state index is 0.753. The van der Waals surface area contributed by atoms with Crippen molar-refractivity contribution in [3.8, 4) is 5.75 Å². The lowest BCUT2D eigenvalue weighted by molar-refractivity contribution is 0.184. The van der Waals surface area contributed by atoms with Gasteiger partial charge in [0.1, 0.15) is 5.75 Å². The van der Waals surface area contributed by atoms with Crippen molar-refractivity contribution in [1.82, 2.24) is 5.32 Å². The summed E-state index contributed by atoms with van der Waals surface area (Å²) in [4.78, 5) is 0. The van der Waals surface area contributed by atoms with E-state index in [0.29, 0.717) is 0 Å². The van der Waals surface area contributed by atoms with Gasteiger partial charge in [-0.15, -0.1) is 0 Å². The van der Waals surface area contributed by atoms with Crippen LogP contribution in [0.3, 0.4) is 0 Å². The summed E-state index contributed by atoms with van der Waals surface area (Å²) in [5, 5.41) is 3.51. The van der Waals surface area contributed by atoms with E-state index in [4.69, 9.17) is 9.47 Å². The summed E-state index contributed by atoms with van der Waals surface area (Å²) < 4.78 is 10.7. The number of rotatable bonds is 9. The van der Waals surface area contributed by atoms with Crippen LogP contribution in [0.2, 0.25) is 0 Å². The molecular weight excluding hydrogens is 226 g/mol. The first kappa shape index (κ1) is 13.4. The highest BCUT2D eigenvalue weighted by Gasteiger charge is 2.19. The predicted molar refractivity (Wildman–Crippen MR) is 72.9 cm³/mol. The van der Waals surface area contributed by atoms with Gasteiger partial charge in [-0.1, -0.05) is 12.1 Å². The SMILES string of the molecule is COCCCCOc1cccc(CNC2CC2)c1. The maximum Gasteiger partial charge on any atom is 0.119 e. The van der Waals surface area contributed by atoms with E-state index in [9.17, 15) is 0 Å². The van der Waals surface area contributed by atoms with Gasteiger partial charge in [0.25, 0.3) is 0 Å². The molecule has 0 heterocycles. The third-order valence-corrected chi connectivity index (χ3v) is 3.08. The molecule has 0 bridgehead atoms. The lowest BCUT2D eigenvalue weighted by atomic mass is 10.2. The van der Waals surface area contributed by atoms with Crippen molar-refractivity contribution in [2.45, 2.75) is 38.3 Å². The highest BCUT2D eigenvalue weighted by atomic mass is 16.5. The molecule has 0 radical (unpaired) electrons. The van der Waals surface area contributed by atoms with Crippen LogP contribution in [0.25, 0.3) is 0 Å². The molecule has 18 heavy (non-hydrogen) atoms. The van der Waals surface area contributed by atoms with E-state index in [-0.39, 0.29) is 0 Å². The summed E-state index contributed by atoms with van der Waals surface area (Å²) >= 11 is 0. The van der Waals surface area contributed by atoms with Gasteiger partial charge in [0.15, 0.2) is 0 Å². The van der Waals surface area contributed by atoms with Crippen LogP contribution in [0.4, 0.5) is 0 Å². The Hall–Kier alpha value is -1.06. The molecule has 3 nitrogen and oxygen atoms in total. The molecule has 1 aliphatic rings. The molecule has 100 valence electrons. The maximum atomic E-state index is 5.73. The minimum Gasteiger partial charge on any atom is -0.494 e. The normalized spacial score (nSPS) is 14.7. The van der Waals surface area contributed by atoms with Crippen LogP contribution in [0.5, 0.6) is 5.75 Å². The molecule has 1 N–H and O–H groups in total. The van der Waals surface area contributed by atoms with Gasteiger partial charge in [-0.05, 0) is 43.4 Å². The van der Waals surface area contributed by atoms with Gasteiger partial charge in [0.05, 0.1) is 6.61 Å². The molecular formula is C15H23NO2. The summed E-state index contributed by atoms with van der Waals surface area (Å²) in [7, 11) is 1.73. The zero-order valence-corrected chi connectivity index (χ0v) is 11.2. The van der Waals surface area contributed by atoms with E-state index in [0.717, 1.165) is 44.4 Å². The number of hydrogen-bond acceptors (Lipinski definition) is 3. The summed E-state index contributed by atoms with van der Waals surface area (Å²) in [5.74, 6) is 0.975. The molecule has 1 aliphatic carbocycles. The van der Waals surface area contributed by atoms with Gasteiger partial charge in [-0.25, -0.2) is 0 Å². The van der Waals surface area contributed by atoms with Crippen molar-refractivity contribution >= 4 is 0 Å². The molecule has 0 spiro atoms. The number of unbranched alkanes of at least 4 members (excludes halogenated alkanes) is 1. The lowest BCUT2D eigenvalue weighted by Crippen LogP contribution is -2.15. The first-order valence-electron chi connectivity index (χ1n) is 6.82. The summed E-state index contributed by atoms with van der Waals surface area (Å²) in [6, 6.07) is 9.12. The largest absolute Gasteiger partial charge is 0.494 e. The zero-order chi connectivity index (χ0) is 12.6. The average molecular weight is 249 g/mol. The molecule has 0 amide bonds. The van der Waals surface area contributed by atoms with E-state index in [1.807, 2.05) is 6.07 Å². The Bertz CT molecular complexity index is 350. The molecule has 1 aromatic rings. The van der Waals surface area contributed by atoms with E-state index in [1.165, 1.54) is 18.4 Å². The van der Waals surface area contributed by atoms with Crippen LogP contribution in [-0.2, 0) is 11.3 Å². The highest BCUT2D eigenvalue weighted by Crippen LogP contribution is 2.20. The molecule has 1 aromatic carbocycles. The molecule has 0 saturated heterocycles. The van der Waals surface area contributed by atoms with Gasteiger partial charge in [0, 0.05) is 26.3 Å². The summed E-state index contributed by atoms with van der Waals surface area (Å²) in [5.41, 5.74) is 1.30. The van der Waals surface area contributed by atoms with Crippen LogP contribution in [0, 0.1) is 0 Å². The van der Waals surface area contributed by atoms with Gasteiger partial charge < -0.3 is 14.8 Å². The molecule has 0 aliphatic heterocycles. The fraction of sp³-hybridized carbons (Fsp3) is 0.600. The molecule has 0 unspecified atom stereocenters. The molecule has 0 aromatic heterocycles. The number of benzene rings is 1. The predicted octanol–water partition coefficient (Wildman–Crippen LogP) is 2.74. The molecule has 0 atom stereocenters. The van der Waals surface area contributed by atoms with Gasteiger partial charge in [0.2, 0.25) is 0 Å². The number of nitrogens with one attached hydrogen (secondary N) is 1. The van der Waals surface area contributed by atoms with Gasteiger partial charge >= 0.3 is 0 Å². The van der Waals surface area contributed by atoms with Crippen molar-refractivity contribution in [3.63, 3.8) is 0 Å². The van der Waals surface area contributed by atoms with Crippen LogP contribution in [-0.4, -0.2) is 26.4 Å². The van der Waals surface area contributed by atoms with E-state index >= 15 is 0 Å². The van der Waals surface area contributed by atoms with E-state index in [2.05, 4.69) is 23.5 Å². The summed E-state index contributed by atoms with van der Waals surface area (Å²) in [6.07, 6.45) is 4.75. The standard InChI is InChI=1S/C15H23NO2/c1-17-9-2-3-10-18-15-6-4-5-13(11-15)12-16-14-7-8-14/h4-6,11,14,16H,2-3,7-10,12H2,1H3. The van der Waals surface area contributed by atoms with Crippen molar-refractivity contribution in [3.05, 3.63) is 29.8 Å². The second-order valence-corrected chi connectivity index (χ2v) is 4.85. The topological polar surface area (TPSA) is 30.5 Å². The zero-order valence-electron chi connectivity index (χ0n) is 11.2. The first-order chi connectivity index (χ1) is 8.88. The second kappa shape index (κ2) is 7.39. The minimum atomic E-state index is 0.753. The molecule has 3 heteroatoms. The van der Waals surface area contributed by atoms with Crippen molar-refractivity contribution in [1.29, 1.82) is 0 Å². The Morgan fingerprint density at radius 1 is 1.22 bits per heavy atom. The Morgan fingerprint density at radius 2 is 2.06 bits per heavy atom. The Balaban J connectivity index is 1.68. The maximum absolute atomic E-state index is 5.73. The van der Waals surface area contributed by atoms with Crippen LogP contribution in [0.1, 0.15) is 31.2 Å². The first-order valence-corrected chi connectivity index (χ1v) is 6.82. The number of hydrogen-bond donors (Lipinski definition) is 1. The number of methoxy groups -OCH3 is 1. The molecule has 1 saturated carbocycles. The van der Waals surface area contributed by atoms with E-state index < -0.39 is 0 Å². The molecule has 1 fully saturated rings. The van der Waals surface area contributed by atoms with Crippen molar-refractivity contribution < 1.29 is 9.47 Å². The van der Waals surface area contributed by atoms with E-state index in [1.54, 1.807) is 7.11 Å². The van der Waals surface area contributed by atoms with Crippen LogP contribution >= 0.6 is 0 Å². The fourth-order valence-electron chi connectivity index (χ4n) is 1.83. The third-order valence-electron chi connectivity index (χ3n) is 3.08. The Morgan fingerprint density at radius 3 is 2.83 bits per heavy atom. The van der Waals surface area contributed by atoms with Gasteiger partial charge in [-0.3, -0.25) is 0 Å². The Kier molecular flexibility index (Phi) is 5.49. The highest BCUT2D eigenvalue weighted by molar-refractivity contribution is 5.28. The summed E-state index contributed by atoms with van der Waals surface area (Å²) in [6.45, 7) is 2.53. The smallest absolute Gasteiger partial charge is 0.119 e. The third kappa shape index (κ3) is 5.07. The lowest BCUT2D eigenvalue weighted by Gasteiger charge is -2.08. The monoisotopic (exact) mass is 249 g/mol. The van der Waals surface area contributed by atoms with Crippen LogP contribution < -0.4 is 10.1 Å². The van der Waals surface area contributed by atoms with Crippen molar-refractivity contribution in [2.24, 2.45) is 0 Å². The van der Waals surface area contributed by atoms with Crippen molar-refractivity contribution in [2.75, 3.05) is 20.3 Å². The van der Waals surface area contributed by atoms with Crippen LogP contribution in [0.15, 0.2) is 24.3 Å². The second-order valence-electron chi connectivity index (χ2n) is 4.85. The number of ether oxygens (including phenoxy) is 2. The van der Waals surface area contributed by atoms with Gasteiger partial charge in [-0.2, -0.15) is 0 Å².